The molecule has 2 aromatic rings. The van der Waals surface area contributed by atoms with Crippen LogP contribution in [-0.2, 0) is 6.54 Å². The number of methoxy groups -OCH3 is 2. The lowest BCUT2D eigenvalue weighted by Crippen LogP contribution is -2.45. The molecule has 1 heterocycles. The molecule has 2 atom stereocenters. The fraction of sp³-hybridized carbons (Fsp3) is 0.400. The fourth-order valence-corrected chi connectivity index (χ4v) is 3.36. The summed E-state index contributed by atoms with van der Waals surface area (Å²) in [6.45, 7) is 1.87. The Balaban J connectivity index is 1.70. The molecule has 0 radical (unpaired) electrons. The predicted molar refractivity (Wildman–Crippen MR) is 96.6 cm³/mol. The lowest BCUT2D eigenvalue weighted by Gasteiger charge is -2.34. The Morgan fingerprint density at radius 2 is 1.83 bits per heavy atom. The van der Waals surface area contributed by atoms with Gasteiger partial charge in [-0.15, -0.1) is 0 Å². The van der Waals surface area contributed by atoms with Gasteiger partial charge in [0, 0.05) is 24.2 Å². The highest BCUT2D eigenvalue weighted by atomic mass is 16.5. The van der Waals surface area contributed by atoms with Crippen molar-refractivity contribution in [2.24, 2.45) is 0 Å². The monoisotopic (exact) mass is 326 g/mol. The number of para-hydroxylation sites is 1. The fourth-order valence-electron chi connectivity index (χ4n) is 3.36. The van der Waals surface area contributed by atoms with Gasteiger partial charge in [-0.3, -0.25) is 0 Å². The lowest BCUT2D eigenvalue weighted by atomic mass is 9.92. The number of hydrogen-bond donors (Lipinski definition) is 2. The molecule has 3 rings (SSSR count). The highest BCUT2D eigenvalue weighted by Gasteiger charge is 2.25. The minimum absolute atomic E-state index is 0.319. The van der Waals surface area contributed by atoms with E-state index in [-0.39, 0.29) is 0 Å². The van der Waals surface area contributed by atoms with Crippen LogP contribution in [0.15, 0.2) is 48.5 Å². The topological polar surface area (TPSA) is 42.5 Å². The van der Waals surface area contributed by atoms with Gasteiger partial charge >= 0.3 is 0 Å². The molecule has 1 aliphatic heterocycles. The smallest absolute Gasteiger partial charge is 0.123 e. The van der Waals surface area contributed by atoms with E-state index in [0.29, 0.717) is 12.1 Å². The first kappa shape index (κ1) is 16.8. The molecule has 4 nitrogen and oxygen atoms in total. The van der Waals surface area contributed by atoms with Gasteiger partial charge in [-0.25, -0.2) is 0 Å². The second-order valence-corrected chi connectivity index (χ2v) is 6.15. The zero-order valence-corrected chi connectivity index (χ0v) is 14.4. The number of hydrogen-bond acceptors (Lipinski definition) is 4. The zero-order chi connectivity index (χ0) is 16.8. The Labute approximate surface area is 144 Å². The molecule has 128 valence electrons. The highest BCUT2D eigenvalue weighted by Crippen LogP contribution is 2.26. The molecule has 0 spiro atoms. The summed E-state index contributed by atoms with van der Waals surface area (Å²) in [4.78, 5) is 0. The number of piperidine rings is 1. The Morgan fingerprint density at radius 3 is 2.58 bits per heavy atom. The van der Waals surface area contributed by atoms with Crippen molar-refractivity contribution in [2.45, 2.75) is 31.5 Å². The number of ether oxygens (including phenoxy) is 2. The Bertz CT molecular complexity index is 642. The Morgan fingerprint density at radius 1 is 1.04 bits per heavy atom. The van der Waals surface area contributed by atoms with E-state index in [1.54, 1.807) is 14.2 Å². The maximum absolute atomic E-state index is 5.45. The Kier molecular flexibility index (Phi) is 5.72. The first-order valence-electron chi connectivity index (χ1n) is 8.54. The molecule has 0 amide bonds. The van der Waals surface area contributed by atoms with Gasteiger partial charge < -0.3 is 20.1 Å². The van der Waals surface area contributed by atoms with Crippen LogP contribution in [-0.4, -0.2) is 26.8 Å². The molecule has 4 heteroatoms. The van der Waals surface area contributed by atoms with Gasteiger partial charge in [0.05, 0.1) is 14.2 Å². The molecule has 2 unspecified atom stereocenters. The van der Waals surface area contributed by atoms with Crippen LogP contribution in [0.5, 0.6) is 11.5 Å². The average molecular weight is 326 g/mol. The van der Waals surface area contributed by atoms with Gasteiger partial charge in [0.15, 0.2) is 0 Å². The van der Waals surface area contributed by atoms with Crippen molar-refractivity contribution >= 4 is 0 Å². The van der Waals surface area contributed by atoms with Crippen LogP contribution < -0.4 is 20.1 Å². The van der Waals surface area contributed by atoms with Crippen LogP contribution in [0.25, 0.3) is 0 Å². The first-order valence-corrected chi connectivity index (χ1v) is 8.54. The van der Waals surface area contributed by atoms with Gasteiger partial charge in [0.25, 0.3) is 0 Å². The maximum atomic E-state index is 5.45. The van der Waals surface area contributed by atoms with E-state index in [1.807, 2.05) is 24.3 Å². The van der Waals surface area contributed by atoms with Crippen LogP contribution in [0.4, 0.5) is 0 Å². The van der Waals surface area contributed by atoms with Crippen LogP contribution >= 0.6 is 0 Å². The van der Waals surface area contributed by atoms with Crippen molar-refractivity contribution < 1.29 is 9.47 Å². The van der Waals surface area contributed by atoms with E-state index in [2.05, 4.69) is 34.9 Å². The molecular formula is C20H26N2O2. The molecule has 0 aliphatic carbocycles. The molecule has 0 bridgehead atoms. The summed E-state index contributed by atoms with van der Waals surface area (Å²) in [5, 5.41) is 7.37. The Hall–Kier alpha value is -2.04. The number of benzene rings is 2. The normalized spacial score (nSPS) is 20.6. The summed E-state index contributed by atoms with van der Waals surface area (Å²) in [6.07, 6.45) is 2.36. The first-order chi connectivity index (χ1) is 11.8. The second kappa shape index (κ2) is 8.18. The zero-order valence-electron chi connectivity index (χ0n) is 14.4. The van der Waals surface area contributed by atoms with E-state index in [4.69, 9.17) is 9.47 Å². The van der Waals surface area contributed by atoms with Gasteiger partial charge in [-0.2, -0.15) is 0 Å². The number of nitrogens with one attached hydrogen (secondary N) is 2. The van der Waals surface area contributed by atoms with Gasteiger partial charge in [-0.05, 0) is 43.1 Å². The highest BCUT2D eigenvalue weighted by molar-refractivity contribution is 5.33. The van der Waals surface area contributed by atoms with Crippen LogP contribution in [0.3, 0.4) is 0 Å². The molecule has 24 heavy (non-hydrogen) atoms. The largest absolute Gasteiger partial charge is 0.497 e. The molecule has 0 aromatic heterocycles. The standard InChI is InChI=1S/C20H26N2O2/c1-23-17-11-9-15(10-12-17)20-18(7-5-13-21-20)22-14-16-6-3-4-8-19(16)24-2/h3-4,6,8-12,18,20-22H,5,7,13-14H2,1-2H3. The summed E-state index contributed by atoms with van der Waals surface area (Å²) in [5.74, 6) is 1.84. The van der Waals surface area contributed by atoms with Gasteiger partial charge in [-0.1, -0.05) is 30.3 Å². The van der Waals surface area contributed by atoms with E-state index in [1.165, 1.54) is 24.0 Å². The third kappa shape index (κ3) is 3.89. The van der Waals surface area contributed by atoms with Crippen LogP contribution in [0, 0.1) is 0 Å². The summed E-state index contributed by atoms with van der Waals surface area (Å²) in [6, 6.07) is 17.3. The van der Waals surface area contributed by atoms with Crippen molar-refractivity contribution in [1.29, 1.82) is 0 Å². The van der Waals surface area contributed by atoms with Crippen molar-refractivity contribution in [2.75, 3.05) is 20.8 Å². The van der Waals surface area contributed by atoms with Crippen LogP contribution in [0.1, 0.15) is 30.0 Å². The van der Waals surface area contributed by atoms with Gasteiger partial charge in [0.2, 0.25) is 0 Å². The third-order valence-corrected chi connectivity index (χ3v) is 4.68. The van der Waals surface area contributed by atoms with E-state index >= 15 is 0 Å². The molecule has 2 N–H and O–H groups in total. The summed E-state index contributed by atoms with van der Waals surface area (Å²) < 4.78 is 10.7. The van der Waals surface area contributed by atoms with E-state index in [0.717, 1.165) is 24.6 Å². The second-order valence-electron chi connectivity index (χ2n) is 6.15. The maximum Gasteiger partial charge on any atom is 0.123 e. The summed E-state index contributed by atoms with van der Waals surface area (Å²) in [5.41, 5.74) is 2.49. The molecule has 1 saturated heterocycles. The van der Waals surface area contributed by atoms with Crippen molar-refractivity contribution in [1.82, 2.24) is 10.6 Å². The SMILES string of the molecule is COc1ccc(C2NCCCC2NCc2ccccc2OC)cc1. The summed E-state index contributed by atoms with van der Waals surface area (Å²) in [7, 11) is 3.42. The molecule has 0 saturated carbocycles. The average Bonchev–Trinajstić information content (AvgIpc) is 2.67. The minimum atomic E-state index is 0.319. The molecular weight excluding hydrogens is 300 g/mol. The molecule has 2 aromatic carbocycles. The predicted octanol–water partition coefficient (Wildman–Crippen LogP) is 3.29. The van der Waals surface area contributed by atoms with Crippen LogP contribution in [0.2, 0.25) is 0 Å². The van der Waals surface area contributed by atoms with Crippen molar-refractivity contribution in [3.63, 3.8) is 0 Å². The third-order valence-electron chi connectivity index (χ3n) is 4.68. The summed E-state index contributed by atoms with van der Waals surface area (Å²) >= 11 is 0. The van der Waals surface area contributed by atoms with Crippen molar-refractivity contribution in [3.8, 4) is 11.5 Å². The van der Waals surface area contributed by atoms with Gasteiger partial charge in [0.1, 0.15) is 11.5 Å². The lowest BCUT2D eigenvalue weighted by molar-refractivity contribution is 0.302. The van der Waals surface area contributed by atoms with Crippen molar-refractivity contribution in [3.05, 3.63) is 59.7 Å². The van der Waals surface area contributed by atoms with E-state index in [9.17, 15) is 0 Å². The number of rotatable bonds is 6. The van der Waals surface area contributed by atoms with E-state index < -0.39 is 0 Å². The molecule has 1 aliphatic rings. The molecule has 1 fully saturated rings. The minimum Gasteiger partial charge on any atom is -0.497 e. The quantitative estimate of drug-likeness (QED) is 0.855.